The first-order valence-corrected chi connectivity index (χ1v) is 7.75. The van der Waals surface area contributed by atoms with Crippen molar-refractivity contribution in [2.75, 3.05) is 6.79 Å². The molecule has 22 heavy (non-hydrogen) atoms. The van der Waals surface area contributed by atoms with Gasteiger partial charge in [0.25, 0.3) is 0 Å². The number of aromatic nitrogens is 1. The third-order valence-electron chi connectivity index (χ3n) is 4.04. The van der Waals surface area contributed by atoms with Crippen molar-refractivity contribution in [1.82, 2.24) is 10.3 Å². The smallest absolute Gasteiger partial charge is 0.231 e. The third kappa shape index (κ3) is 3.57. The molecule has 4 heteroatoms. The van der Waals surface area contributed by atoms with Gasteiger partial charge in [-0.1, -0.05) is 12.1 Å². The fraction of sp³-hybridized carbons (Fsp3) is 0.389. The van der Waals surface area contributed by atoms with E-state index in [9.17, 15) is 0 Å². The molecular weight excluding hydrogens is 276 g/mol. The van der Waals surface area contributed by atoms with Gasteiger partial charge in [-0.3, -0.25) is 4.98 Å². The van der Waals surface area contributed by atoms with Crippen LogP contribution < -0.4 is 14.8 Å². The summed E-state index contributed by atoms with van der Waals surface area (Å²) in [4.78, 5) is 4.41. The predicted octanol–water partition coefficient (Wildman–Crippen LogP) is 3.23. The summed E-state index contributed by atoms with van der Waals surface area (Å²) in [5.74, 6) is 1.71. The quantitative estimate of drug-likeness (QED) is 0.889. The predicted molar refractivity (Wildman–Crippen MR) is 86.2 cm³/mol. The maximum absolute atomic E-state index is 5.42. The van der Waals surface area contributed by atoms with Crippen LogP contribution in [0.5, 0.6) is 11.5 Å². The Kier molecular flexibility index (Phi) is 4.59. The van der Waals surface area contributed by atoms with Crippen LogP contribution in [-0.4, -0.2) is 17.8 Å². The molecule has 116 valence electrons. The van der Waals surface area contributed by atoms with E-state index in [4.69, 9.17) is 9.47 Å². The normalized spacial score (nSPS) is 14.1. The van der Waals surface area contributed by atoms with Gasteiger partial charge in [-0.25, -0.2) is 0 Å². The first kappa shape index (κ1) is 14.9. The summed E-state index contributed by atoms with van der Waals surface area (Å²) in [5.41, 5.74) is 3.64. The number of rotatable bonds is 6. The Bertz CT molecular complexity index is 643. The monoisotopic (exact) mass is 298 g/mol. The lowest BCUT2D eigenvalue weighted by Gasteiger charge is -2.14. The van der Waals surface area contributed by atoms with Crippen molar-refractivity contribution >= 4 is 0 Å². The molecule has 1 atom stereocenters. The van der Waals surface area contributed by atoms with Gasteiger partial charge < -0.3 is 14.8 Å². The molecule has 1 aliphatic rings. The van der Waals surface area contributed by atoms with Gasteiger partial charge >= 0.3 is 0 Å². The molecule has 0 bridgehead atoms. The van der Waals surface area contributed by atoms with Gasteiger partial charge in [0.05, 0.1) is 5.69 Å². The molecule has 0 aliphatic carbocycles. The molecule has 0 radical (unpaired) electrons. The molecule has 1 aliphatic heterocycles. The second kappa shape index (κ2) is 6.79. The molecule has 1 N–H and O–H groups in total. The number of fused-ring (bicyclic) bond motifs is 1. The molecule has 3 rings (SSSR count). The van der Waals surface area contributed by atoms with Gasteiger partial charge in [0, 0.05) is 18.8 Å². The van der Waals surface area contributed by atoms with Crippen LogP contribution >= 0.6 is 0 Å². The van der Waals surface area contributed by atoms with Crippen molar-refractivity contribution in [2.24, 2.45) is 0 Å². The number of hydrogen-bond donors (Lipinski definition) is 1. The lowest BCUT2D eigenvalue weighted by Crippen LogP contribution is -2.26. The van der Waals surface area contributed by atoms with Crippen LogP contribution in [0.1, 0.15) is 30.2 Å². The van der Waals surface area contributed by atoms with E-state index in [-0.39, 0.29) is 0 Å². The average molecular weight is 298 g/mol. The van der Waals surface area contributed by atoms with Crippen LogP contribution in [-0.2, 0) is 13.0 Å². The van der Waals surface area contributed by atoms with Crippen molar-refractivity contribution in [1.29, 1.82) is 0 Å². The van der Waals surface area contributed by atoms with Crippen LogP contribution in [0.2, 0.25) is 0 Å². The second-order valence-electron chi connectivity index (χ2n) is 5.78. The molecule has 0 spiro atoms. The van der Waals surface area contributed by atoms with Crippen molar-refractivity contribution < 1.29 is 9.47 Å². The maximum atomic E-state index is 5.42. The number of pyridine rings is 1. The zero-order valence-electron chi connectivity index (χ0n) is 13.1. The highest BCUT2D eigenvalue weighted by atomic mass is 16.7. The summed E-state index contributed by atoms with van der Waals surface area (Å²) in [6.45, 7) is 5.46. The zero-order valence-corrected chi connectivity index (χ0v) is 13.1. The minimum atomic E-state index is 0.334. The lowest BCUT2D eigenvalue weighted by atomic mass is 10.1. The highest BCUT2D eigenvalue weighted by Crippen LogP contribution is 2.32. The topological polar surface area (TPSA) is 43.4 Å². The van der Waals surface area contributed by atoms with Crippen molar-refractivity contribution in [2.45, 2.75) is 39.3 Å². The molecular formula is C18H22N2O2. The van der Waals surface area contributed by atoms with Gasteiger partial charge in [0.2, 0.25) is 6.79 Å². The van der Waals surface area contributed by atoms with Gasteiger partial charge in [-0.2, -0.15) is 0 Å². The molecule has 2 aromatic rings. The van der Waals surface area contributed by atoms with E-state index in [2.05, 4.69) is 42.3 Å². The lowest BCUT2D eigenvalue weighted by molar-refractivity contribution is 0.174. The van der Waals surface area contributed by atoms with E-state index in [1.807, 2.05) is 18.3 Å². The van der Waals surface area contributed by atoms with Gasteiger partial charge in [-0.05, 0) is 56.0 Å². The summed E-state index contributed by atoms with van der Waals surface area (Å²) < 4.78 is 10.8. The molecule has 0 saturated heterocycles. The molecule has 1 unspecified atom stereocenters. The number of nitrogens with zero attached hydrogens (tertiary/aromatic N) is 1. The van der Waals surface area contributed by atoms with E-state index in [0.29, 0.717) is 12.8 Å². The summed E-state index contributed by atoms with van der Waals surface area (Å²) in [6, 6.07) is 10.7. The molecule has 0 fully saturated rings. The summed E-state index contributed by atoms with van der Waals surface area (Å²) >= 11 is 0. The first-order chi connectivity index (χ1) is 10.7. The zero-order chi connectivity index (χ0) is 15.4. The van der Waals surface area contributed by atoms with E-state index >= 15 is 0 Å². The Morgan fingerprint density at radius 1 is 1.23 bits per heavy atom. The van der Waals surface area contributed by atoms with E-state index in [0.717, 1.165) is 36.6 Å². The molecule has 4 nitrogen and oxygen atoms in total. The molecule has 0 amide bonds. The number of aryl methyl sites for hydroxylation is 2. The van der Waals surface area contributed by atoms with E-state index in [1.54, 1.807) is 0 Å². The number of hydrogen-bond acceptors (Lipinski definition) is 4. The summed E-state index contributed by atoms with van der Waals surface area (Å²) in [5, 5.41) is 3.54. The van der Waals surface area contributed by atoms with Gasteiger partial charge in [0.1, 0.15) is 0 Å². The van der Waals surface area contributed by atoms with Crippen LogP contribution in [0.3, 0.4) is 0 Å². The molecule has 2 heterocycles. The van der Waals surface area contributed by atoms with Crippen LogP contribution in [0, 0.1) is 6.92 Å². The van der Waals surface area contributed by atoms with Gasteiger partial charge in [0.15, 0.2) is 11.5 Å². The minimum Gasteiger partial charge on any atom is -0.454 e. The van der Waals surface area contributed by atoms with Crippen molar-refractivity contribution in [3.05, 3.63) is 53.3 Å². The molecule has 1 aromatic heterocycles. The maximum Gasteiger partial charge on any atom is 0.231 e. The highest BCUT2D eigenvalue weighted by Gasteiger charge is 2.13. The summed E-state index contributed by atoms with van der Waals surface area (Å²) in [7, 11) is 0. The standard InChI is InChI=1S/C18H22N2O2/c1-13-4-3-9-19-16(13)11-20-14(2)5-6-15-7-8-17-18(10-15)22-12-21-17/h3-4,7-10,14,20H,5-6,11-12H2,1-2H3. The van der Waals surface area contributed by atoms with Gasteiger partial charge in [-0.15, -0.1) is 0 Å². The van der Waals surface area contributed by atoms with Crippen LogP contribution in [0.15, 0.2) is 36.5 Å². The second-order valence-corrected chi connectivity index (χ2v) is 5.78. The third-order valence-corrected chi connectivity index (χ3v) is 4.04. The Morgan fingerprint density at radius 3 is 2.95 bits per heavy atom. The number of ether oxygens (including phenoxy) is 2. The van der Waals surface area contributed by atoms with E-state index < -0.39 is 0 Å². The average Bonchev–Trinajstić information content (AvgIpc) is 2.99. The Balaban J connectivity index is 1.48. The summed E-state index contributed by atoms with van der Waals surface area (Å²) in [6.07, 6.45) is 3.94. The number of benzene rings is 1. The minimum absolute atomic E-state index is 0.334. The molecule has 1 aromatic carbocycles. The van der Waals surface area contributed by atoms with Crippen LogP contribution in [0.4, 0.5) is 0 Å². The fourth-order valence-electron chi connectivity index (χ4n) is 2.56. The van der Waals surface area contributed by atoms with Crippen molar-refractivity contribution in [3.8, 4) is 11.5 Å². The largest absolute Gasteiger partial charge is 0.454 e. The Labute approximate surface area is 131 Å². The first-order valence-electron chi connectivity index (χ1n) is 7.75. The van der Waals surface area contributed by atoms with Crippen LogP contribution in [0.25, 0.3) is 0 Å². The number of nitrogens with one attached hydrogen (secondary N) is 1. The molecule has 0 saturated carbocycles. The van der Waals surface area contributed by atoms with E-state index in [1.165, 1.54) is 11.1 Å². The fourth-order valence-corrected chi connectivity index (χ4v) is 2.56. The highest BCUT2D eigenvalue weighted by molar-refractivity contribution is 5.44. The van der Waals surface area contributed by atoms with Crippen molar-refractivity contribution in [3.63, 3.8) is 0 Å². The Morgan fingerprint density at radius 2 is 2.09 bits per heavy atom. The Hall–Kier alpha value is -2.07. The SMILES string of the molecule is Cc1cccnc1CNC(C)CCc1ccc2c(c1)OCO2.